The van der Waals surface area contributed by atoms with Crippen molar-refractivity contribution in [2.24, 2.45) is 11.8 Å². The van der Waals surface area contributed by atoms with E-state index in [9.17, 15) is 9.59 Å². The Morgan fingerprint density at radius 1 is 1.27 bits per heavy atom. The van der Waals surface area contributed by atoms with E-state index in [1.165, 1.54) is 0 Å². The number of rotatable bonds is 6. The van der Waals surface area contributed by atoms with Crippen molar-refractivity contribution >= 4 is 11.9 Å². The molecule has 0 saturated carbocycles. The molecule has 0 spiro atoms. The Hall–Kier alpha value is -1.06. The summed E-state index contributed by atoms with van der Waals surface area (Å²) in [4.78, 5) is 22.3. The lowest BCUT2D eigenvalue weighted by molar-refractivity contribution is -0.162. The summed E-state index contributed by atoms with van der Waals surface area (Å²) in [5.41, 5.74) is 0. The van der Waals surface area contributed by atoms with E-state index in [1.807, 2.05) is 13.8 Å². The molecule has 0 aliphatic carbocycles. The van der Waals surface area contributed by atoms with Gasteiger partial charge in [-0.3, -0.25) is 9.59 Å². The van der Waals surface area contributed by atoms with Crippen LogP contribution in [0.1, 0.15) is 40.5 Å². The number of hydrogen-bond acceptors (Lipinski definition) is 3. The van der Waals surface area contributed by atoms with Crippen LogP contribution in [0.25, 0.3) is 0 Å². The highest BCUT2D eigenvalue weighted by Crippen LogP contribution is 2.17. The Bertz CT molecular complexity index is 223. The molecule has 0 saturated heterocycles. The third-order valence-corrected chi connectivity index (χ3v) is 2.27. The highest BCUT2D eigenvalue weighted by molar-refractivity contribution is 5.93. The maximum atomic E-state index is 11.4. The first-order valence-corrected chi connectivity index (χ1v) is 5.31. The second-order valence-corrected chi connectivity index (χ2v) is 4.13. The van der Waals surface area contributed by atoms with Crippen LogP contribution in [-0.4, -0.2) is 23.1 Å². The van der Waals surface area contributed by atoms with Crippen LogP contribution in [0.3, 0.4) is 0 Å². The summed E-state index contributed by atoms with van der Waals surface area (Å²) in [6, 6.07) is 0. The van der Waals surface area contributed by atoms with Gasteiger partial charge in [-0.25, -0.2) is 0 Å². The number of carbonyl (C=O) groups is 2. The zero-order valence-corrected chi connectivity index (χ0v) is 9.82. The fourth-order valence-corrected chi connectivity index (χ4v) is 1.18. The van der Waals surface area contributed by atoms with Gasteiger partial charge >= 0.3 is 11.9 Å². The standard InChI is InChI=1S/C11H20O4/c1-5-8(4)6-9(10(12)13)11(14)15-7(2)3/h7-9H,5-6H2,1-4H3,(H,12,13). The summed E-state index contributed by atoms with van der Waals surface area (Å²) in [5.74, 6) is -2.54. The fraction of sp³-hybridized carbons (Fsp3) is 0.818. The molecule has 0 radical (unpaired) electrons. The summed E-state index contributed by atoms with van der Waals surface area (Å²) in [6.07, 6.45) is 0.937. The molecule has 0 rings (SSSR count). The molecule has 0 bridgehead atoms. The molecule has 0 heterocycles. The Kier molecular flexibility index (Phi) is 5.97. The van der Waals surface area contributed by atoms with E-state index in [2.05, 4.69) is 0 Å². The van der Waals surface area contributed by atoms with Gasteiger partial charge in [-0.05, 0) is 26.2 Å². The van der Waals surface area contributed by atoms with Gasteiger partial charge in [0.05, 0.1) is 6.10 Å². The minimum absolute atomic E-state index is 0.214. The van der Waals surface area contributed by atoms with Gasteiger partial charge in [0.2, 0.25) is 0 Å². The predicted molar refractivity (Wildman–Crippen MR) is 56.4 cm³/mol. The Labute approximate surface area is 90.6 Å². The summed E-state index contributed by atoms with van der Waals surface area (Å²) in [7, 11) is 0. The maximum Gasteiger partial charge on any atom is 0.320 e. The molecule has 2 unspecified atom stereocenters. The Morgan fingerprint density at radius 3 is 2.13 bits per heavy atom. The molecule has 15 heavy (non-hydrogen) atoms. The van der Waals surface area contributed by atoms with Crippen LogP contribution in [0.2, 0.25) is 0 Å². The molecule has 0 amide bonds. The quantitative estimate of drug-likeness (QED) is 0.545. The molecular formula is C11H20O4. The predicted octanol–water partition coefficient (Wildman–Crippen LogP) is 2.08. The molecule has 1 N–H and O–H groups in total. The number of carboxylic acid groups (broad SMARTS) is 1. The lowest BCUT2D eigenvalue weighted by Crippen LogP contribution is -2.29. The van der Waals surface area contributed by atoms with Gasteiger partial charge in [0.25, 0.3) is 0 Å². The highest BCUT2D eigenvalue weighted by Gasteiger charge is 2.29. The van der Waals surface area contributed by atoms with E-state index in [-0.39, 0.29) is 12.0 Å². The van der Waals surface area contributed by atoms with Crippen molar-refractivity contribution in [3.05, 3.63) is 0 Å². The summed E-state index contributed by atoms with van der Waals surface area (Å²) >= 11 is 0. The van der Waals surface area contributed by atoms with Gasteiger partial charge in [0.15, 0.2) is 5.92 Å². The van der Waals surface area contributed by atoms with Crippen molar-refractivity contribution in [2.45, 2.75) is 46.6 Å². The number of esters is 1. The second kappa shape index (κ2) is 6.43. The van der Waals surface area contributed by atoms with E-state index in [1.54, 1.807) is 13.8 Å². The van der Waals surface area contributed by atoms with Crippen molar-refractivity contribution in [1.82, 2.24) is 0 Å². The van der Waals surface area contributed by atoms with Crippen LogP contribution in [0.15, 0.2) is 0 Å². The van der Waals surface area contributed by atoms with Crippen LogP contribution in [-0.2, 0) is 14.3 Å². The van der Waals surface area contributed by atoms with E-state index in [0.29, 0.717) is 6.42 Å². The van der Waals surface area contributed by atoms with E-state index in [4.69, 9.17) is 9.84 Å². The molecule has 4 nitrogen and oxygen atoms in total. The van der Waals surface area contributed by atoms with E-state index in [0.717, 1.165) is 6.42 Å². The highest BCUT2D eigenvalue weighted by atomic mass is 16.5. The van der Waals surface area contributed by atoms with Crippen molar-refractivity contribution in [2.75, 3.05) is 0 Å². The topological polar surface area (TPSA) is 63.6 Å². The first-order valence-electron chi connectivity index (χ1n) is 5.31. The smallest absolute Gasteiger partial charge is 0.320 e. The Balaban J connectivity index is 4.39. The normalized spacial score (nSPS) is 14.7. The molecule has 2 atom stereocenters. The van der Waals surface area contributed by atoms with Crippen LogP contribution in [0.4, 0.5) is 0 Å². The monoisotopic (exact) mass is 216 g/mol. The number of ether oxygens (including phenoxy) is 1. The van der Waals surface area contributed by atoms with Gasteiger partial charge in [-0.2, -0.15) is 0 Å². The first kappa shape index (κ1) is 13.9. The van der Waals surface area contributed by atoms with Crippen molar-refractivity contribution in [3.63, 3.8) is 0 Å². The van der Waals surface area contributed by atoms with Crippen molar-refractivity contribution in [1.29, 1.82) is 0 Å². The molecular weight excluding hydrogens is 196 g/mol. The third-order valence-electron chi connectivity index (χ3n) is 2.27. The number of carboxylic acids is 1. The zero-order chi connectivity index (χ0) is 12.0. The second-order valence-electron chi connectivity index (χ2n) is 4.13. The van der Waals surface area contributed by atoms with Gasteiger partial charge in [0.1, 0.15) is 0 Å². The lowest BCUT2D eigenvalue weighted by Gasteiger charge is -2.16. The van der Waals surface area contributed by atoms with Crippen LogP contribution in [0, 0.1) is 11.8 Å². The fourth-order valence-electron chi connectivity index (χ4n) is 1.18. The number of carbonyl (C=O) groups excluding carboxylic acids is 1. The molecule has 0 fully saturated rings. The number of hydrogen-bond donors (Lipinski definition) is 1. The number of aliphatic carboxylic acids is 1. The molecule has 0 aromatic heterocycles. The average molecular weight is 216 g/mol. The first-order chi connectivity index (χ1) is 6.88. The molecule has 0 aliphatic rings. The minimum atomic E-state index is -1.10. The van der Waals surface area contributed by atoms with Crippen LogP contribution < -0.4 is 0 Å². The molecule has 0 aromatic carbocycles. The third kappa shape index (κ3) is 5.40. The SMILES string of the molecule is CCC(C)CC(C(=O)O)C(=O)OC(C)C. The van der Waals surface area contributed by atoms with E-state index >= 15 is 0 Å². The van der Waals surface area contributed by atoms with Crippen LogP contribution in [0.5, 0.6) is 0 Å². The van der Waals surface area contributed by atoms with Gasteiger partial charge < -0.3 is 9.84 Å². The van der Waals surface area contributed by atoms with Crippen molar-refractivity contribution in [3.8, 4) is 0 Å². The molecule has 0 aromatic rings. The molecule has 0 aliphatic heterocycles. The van der Waals surface area contributed by atoms with Gasteiger partial charge in [-0.1, -0.05) is 20.3 Å². The zero-order valence-electron chi connectivity index (χ0n) is 9.82. The minimum Gasteiger partial charge on any atom is -0.481 e. The molecule has 4 heteroatoms. The summed E-state index contributed by atoms with van der Waals surface area (Å²) < 4.78 is 4.90. The van der Waals surface area contributed by atoms with E-state index < -0.39 is 17.9 Å². The largest absolute Gasteiger partial charge is 0.481 e. The van der Waals surface area contributed by atoms with Gasteiger partial charge in [0, 0.05) is 0 Å². The average Bonchev–Trinajstić information content (AvgIpc) is 2.11. The van der Waals surface area contributed by atoms with Crippen LogP contribution >= 0.6 is 0 Å². The molecule has 88 valence electrons. The maximum absolute atomic E-state index is 11.4. The van der Waals surface area contributed by atoms with Crippen molar-refractivity contribution < 1.29 is 19.4 Å². The summed E-state index contributed by atoms with van der Waals surface area (Å²) in [5, 5.41) is 8.90. The summed E-state index contributed by atoms with van der Waals surface area (Å²) in [6.45, 7) is 7.32. The van der Waals surface area contributed by atoms with Gasteiger partial charge in [-0.15, -0.1) is 0 Å². The Morgan fingerprint density at radius 2 is 1.80 bits per heavy atom. The lowest BCUT2D eigenvalue weighted by atomic mass is 9.94.